The smallest absolute Gasteiger partial charge is 0.335 e. The second-order valence-corrected chi connectivity index (χ2v) is 5.50. The molecule has 0 saturated heterocycles. The van der Waals surface area contributed by atoms with E-state index in [0.717, 1.165) is 17.6 Å². The van der Waals surface area contributed by atoms with Gasteiger partial charge in [-0.25, -0.2) is 4.79 Å². The van der Waals surface area contributed by atoms with Gasteiger partial charge in [-0.1, -0.05) is 24.3 Å². The van der Waals surface area contributed by atoms with Gasteiger partial charge in [-0.05, 0) is 42.7 Å². The predicted octanol–water partition coefficient (Wildman–Crippen LogP) is 2.33. The van der Waals surface area contributed by atoms with Crippen LogP contribution in [0.3, 0.4) is 0 Å². The van der Waals surface area contributed by atoms with Crippen molar-refractivity contribution in [2.45, 2.75) is 18.9 Å². The number of rotatable bonds is 2. The number of esters is 1. The van der Waals surface area contributed by atoms with Crippen molar-refractivity contribution >= 4 is 11.9 Å². The first-order chi connectivity index (χ1) is 10.1. The van der Waals surface area contributed by atoms with E-state index in [1.165, 1.54) is 7.11 Å². The zero-order valence-electron chi connectivity index (χ0n) is 12.1. The van der Waals surface area contributed by atoms with Gasteiger partial charge in [0.25, 0.3) is 5.91 Å². The number of hydrogen-bond acceptors (Lipinski definition) is 3. The van der Waals surface area contributed by atoms with Crippen LogP contribution < -0.4 is 0 Å². The van der Waals surface area contributed by atoms with Gasteiger partial charge >= 0.3 is 5.97 Å². The van der Waals surface area contributed by atoms with Crippen LogP contribution in [0.1, 0.15) is 23.7 Å². The summed E-state index contributed by atoms with van der Waals surface area (Å²) in [5.41, 5.74) is 1.79. The summed E-state index contributed by atoms with van der Waals surface area (Å²) in [7, 11) is 1.35. The average Bonchev–Trinajstić information content (AvgIpc) is 2.50. The molecular weight excluding hydrogens is 266 g/mol. The average molecular weight is 283 g/mol. The molecule has 1 amide bonds. The molecule has 0 aromatic heterocycles. The normalized spacial score (nSPS) is 23.4. The van der Waals surface area contributed by atoms with Gasteiger partial charge in [-0.15, -0.1) is 0 Å². The Morgan fingerprint density at radius 2 is 1.90 bits per heavy atom. The number of nitrogens with zero attached hydrogens (tertiary/aromatic N) is 1. The quantitative estimate of drug-likeness (QED) is 0.783. The molecule has 0 bridgehead atoms. The van der Waals surface area contributed by atoms with Gasteiger partial charge in [0, 0.05) is 12.1 Å². The summed E-state index contributed by atoms with van der Waals surface area (Å²) in [4.78, 5) is 26.6. The highest BCUT2D eigenvalue weighted by Crippen LogP contribution is 2.38. The molecule has 2 aliphatic rings. The molecular formula is C17H17NO3. The molecule has 1 aromatic carbocycles. The molecule has 1 atom stereocenters. The van der Waals surface area contributed by atoms with E-state index in [1.54, 1.807) is 24.0 Å². The van der Waals surface area contributed by atoms with E-state index in [2.05, 4.69) is 6.08 Å². The molecule has 3 rings (SSSR count). The van der Waals surface area contributed by atoms with Gasteiger partial charge in [-0.3, -0.25) is 4.79 Å². The van der Waals surface area contributed by atoms with E-state index in [9.17, 15) is 9.59 Å². The molecule has 4 heteroatoms. The van der Waals surface area contributed by atoms with Gasteiger partial charge in [0.1, 0.15) is 0 Å². The first kappa shape index (κ1) is 13.6. The zero-order valence-corrected chi connectivity index (χ0v) is 12.1. The first-order valence-corrected chi connectivity index (χ1v) is 6.93. The highest BCUT2D eigenvalue weighted by molar-refractivity contribution is 5.99. The Morgan fingerprint density at radius 3 is 2.48 bits per heavy atom. The Balaban J connectivity index is 2.01. The number of carbonyl (C=O) groups is 2. The fraction of sp³-hybridized carbons (Fsp3) is 0.294. The van der Waals surface area contributed by atoms with E-state index in [1.807, 2.05) is 24.3 Å². The number of benzene rings is 1. The van der Waals surface area contributed by atoms with E-state index < -0.39 is 11.5 Å². The number of fused-ring (bicyclic) bond motifs is 1. The van der Waals surface area contributed by atoms with Gasteiger partial charge < -0.3 is 9.64 Å². The minimum Gasteiger partial charge on any atom is -0.467 e. The highest BCUT2D eigenvalue weighted by Gasteiger charge is 2.46. The van der Waals surface area contributed by atoms with Crippen LogP contribution in [0.2, 0.25) is 0 Å². The van der Waals surface area contributed by atoms with Crippen LogP contribution in [0.5, 0.6) is 0 Å². The van der Waals surface area contributed by atoms with Crippen molar-refractivity contribution in [3.05, 3.63) is 59.2 Å². The Labute approximate surface area is 123 Å². The fourth-order valence-electron chi connectivity index (χ4n) is 2.83. The van der Waals surface area contributed by atoms with Crippen molar-refractivity contribution in [2.24, 2.45) is 0 Å². The monoisotopic (exact) mass is 283 g/mol. The third-order valence-corrected chi connectivity index (χ3v) is 4.19. The summed E-state index contributed by atoms with van der Waals surface area (Å²) in [5.74, 6) is -0.572. The van der Waals surface area contributed by atoms with E-state index in [4.69, 9.17) is 4.74 Å². The van der Waals surface area contributed by atoms with Gasteiger partial charge in [-0.2, -0.15) is 0 Å². The molecule has 1 aliphatic carbocycles. The summed E-state index contributed by atoms with van der Waals surface area (Å²) < 4.78 is 4.92. The molecule has 0 spiro atoms. The summed E-state index contributed by atoms with van der Waals surface area (Å²) >= 11 is 0. The number of carbonyl (C=O) groups excluding carboxylic acids is 2. The van der Waals surface area contributed by atoms with Crippen LogP contribution in [0.4, 0.5) is 0 Å². The van der Waals surface area contributed by atoms with Gasteiger partial charge in [0.05, 0.1) is 7.11 Å². The Hall–Kier alpha value is -2.36. The predicted molar refractivity (Wildman–Crippen MR) is 78.7 cm³/mol. The zero-order chi connectivity index (χ0) is 15.0. The Morgan fingerprint density at radius 1 is 1.19 bits per heavy atom. The summed E-state index contributed by atoms with van der Waals surface area (Å²) in [6, 6.07) is 9.01. The maximum absolute atomic E-state index is 12.8. The van der Waals surface area contributed by atoms with Crippen LogP contribution in [0, 0.1) is 0 Å². The topological polar surface area (TPSA) is 46.6 Å². The molecule has 4 nitrogen and oxygen atoms in total. The second-order valence-electron chi connectivity index (χ2n) is 5.50. The summed E-state index contributed by atoms with van der Waals surface area (Å²) in [6.45, 7) is 2.19. The van der Waals surface area contributed by atoms with E-state index >= 15 is 0 Å². The van der Waals surface area contributed by atoms with Gasteiger partial charge in [0.2, 0.25) is 0 Å². The molecule has 0 N–H and O–H groups in total. The number of hydrogen-bond donors (Lipinski definition) is 0. The number of methoxy groups -OCH3 is 1. The minimum atomic E-state index is -1.05. The van der Waals surface area contributed by atoms with Crippen LogP contribution >= 0.6 is 0 Å². The van der Waals surface area contributed by atoms with Crippen molar-refractivity contribution in [3.63, 3.8) is 0 Å². The van der Waals surface area contributed by atoms with Crippen molar-refractivity contribution < 1.29 is 14.3 Å². The maximum atomic E-state index is 12.8. The molecule has 0 radical (unpaired) electrons. The third-order valence-electron chi connectivity index (χ3n) is 4.19. The summed E-state index contributed by atoms with van der Waals surface area (Å²) in [5, 5.41) is 0. The lowest BCUT2D eigenvalue weighted by molar-refractivity contribution is -0.149. The Kier molecular flexibility index (Phi) is 3.16. The van der Waals surface area contributed by atoms with Crippen LogP contribution in [-0.2, 0) is 9.53 Å². The SMILES string of the molecule is COC(=O)C1(C)C=C2CC=C2CN1C(=O)c1ccccc1. The molecule has 1 aliphatic heterocycles. The lowest BCUT2D eigenvalue weighted by Gasteiger charge is -2.44. The maximum Gasteiger partial charge on any atom is 0.335 e. The van der Waals surface area contributed by atoms with Crippen LogP contribution in [0.25, 0.3) is 0 Å². The van der Waals surface area contributed by atoms with Crippen molar-refractivity contribution in [3.8, 4) is 0 Å². The number of allylic oxidation sites excluding steroid dienone is 1. The minimum absolute atomic E-state index is 0.161. The van der Waals surface area contributed by atoms with Crippen LogP contribution in [0.15, 0.2) is 53.6 Å². The Bertz CT molecular complexity index is 660. The van der Waals surface area contributed by atoms with Crippen molar-refractivity contribution in [2.75, 3.05) is 13.7 Å². The highest BCUT2D eigenvalue weighted by atomic mass is 16.5. The van der Waals surface area contributed by atoms with Crippen molar-refractivity contribution in [1.29, 1.82) is 0 Å². The molecule has 1 unspecified atom stereocenters. The van der Waals surface area contributed by atoms with Crippen LogP contribution in [-0.4, -0.2) is 36.0 Å². The molecule has 108 valence electrons. The van der Waals surface area contributed by atoms with E-state index in [0.29, 0.717) is 12.1 Å². The van der Waals surface area contributed by atoms with E-state index in [-0.39, 0.29) is 5.91 Å². The lowest BCUT2D eigenvalue weighted by Crippen LogP contribution is -2.57. The van der Waals surface area contributed by atoms with Crippen molar-refractivity contribution in [1.82, 2.24) is 4.90 Å². The van der Waals surface area contributed by atoms with Gasteiger partial charge in [0.15, 0.2) is 5.54 Å². The lowest BCUT2D eigenvalue weighted by atomic mass is 9.80. The largest absolute Gasteiger partial charge is 0.467 e. The second kappa shape index (κ2) is 4.88. The first-order valence-electron chi connectivity index (χ1n) is 6.93. The molecule has 1 aromatic rings. The third kappa shape index (κ3) is 2.07. The summed E-state index contributed by atoms with van der Waals surface area (Å²) in [6.07, 6.45) is 4.81. The molecule has 21 heavy (non-hydrogen) atoms. The molecule has 1 heterocycles. The standard InChI is InChI=1S/C17H17NO3/c1-17(16(20)21-2)10-13-8-9-14(13)11-18(17)15(19)12-6-4-3-5-7-12/h3-7,9-10H,8,11H2,1-2H3. The fourth-order valence-corrected chi connectivity index (χ4v) is 2.83. The molecule has 0 fully saturated rings. The molecule has 0 saturated carbocycles. The number of ether oxygens (including phenoxy) is 1. The number of amides is 1.